The van der Waals surface area contributed by atoms with E-state index in [0.717, 1.165) is 6.42 Å². The summed E-state index contributed by atoms with van der Waals surface area (Å²) in [6, 6.07) is 0.248. The maximum Gasteiger partial charge on any atom is 0.271 e. The molecule has 1 saturated carbocycles. The lowest BCUT2D eigenvalue weighted by Gasteiger charge is -2.30. The Bertz CT molecular complexity index is 474. The number of hydrogen-bond acceptors (Lipinski definition) is 3. The van der Waals surface area contributed by atoms with Crippen molar-refractivity contribution in [3.8, 4) is 0 Å². The number of amides is 1. The second-order valence-electron chi connectivity index (χ2n) is 5.86. The van der Waals surface area contributed by atoms with Crippen LogP contribution in [0.1, 0.15) is 61.6 Å². The Labute approximate surface area is 120 Å². The van der Waals surface area contributed by atoms with E-state index >= 15 is 0 Å². The molecule has 0 aromatic carbocycles. The van der Waals surface area contributed by atoms with E-state index in [0.29, 0.717) is 23.0 Å². The van der Waals surface area contributed by atoms with Crippen LogP contribution in [0.4, 0.5) is 5.69 Å². The molecular formula is C15H26N4O. The lowest BCUT2D eigenvalue weighted by Crippen LogP contribution is -2.41. The number of anilines is 1. The number of carbonyl (C=O) groups is 1. The van der Waals surface area contributed by atoms with Crippen molar-refractivity contribution in [3.63, 3.8) is 0 Å². The molecule has 1 unspecified atom stereocenters. The summed E-state index contributed by atoms with van der Waals surface area (Å²) in [7, 11) is 1.76. The van der Waals surface area contributed by atoms with Crippen LogP contribution in [0.25, 0.3) is 0 Å². The van der Waals surface area contributed by atoms with Crippen LogP contribution in [0.2, 0.25) is 0 Å². The molecule has 1 atom stereocenters. The molecule has 0 saturated heterocycles. The Balaban J connectivity index is 2.08. The van der Waals surface area contributed by atoms with E-state index in [1.54, 1.807) is 11.7 Å². The molecule has 1 heterocycles. The summed E-state index contributed by atoms with van der Waals surface area (Å²) in [5.74, 6) is 0.510. The second kappa shape index (κ2) is 6.29. The van der Waals surface area contributed by atoms with Crippen LogP contribution in [0.15, 0.2) is 0 Å². The molecular weight excluding hydrogens is 252 g/mol. The van der Waals surface area contributed by atoms with Gasteiger partial charge in [0.1, 0.15) is 5.69 Å². The van der Waals surface area contributed by atoms with E-state index in [1.807, 2.05) is 6.92 Å². The minimum atomic E-state index is -0.0944. The molecule has 0 spiro atoms. The van der Waals surface area contributed by atoms with Gasteiger partial charge in [-0.25, -0.2) is 0 Å². The van der Waals surface area contributed by atoms with Crippen molar-refractivity contribution in [2.45, 2.75) is 58.4 Å². The predicted octanol–water partition coefficient (Wildman–Crippen LogP) is 2.40. The third kappa shape index (κ3) is 2.97. The molecule has 20 heavy (non-hydrogen) atoms. The second-order valence-corrected chi connectivity index (χ2v) is 5.86. The quantitative estimate of drug-likeness (QED) is 0.888. The highest BCUT2D eigenvalue weighted by Crippen LogP contribution is 2.28. The Morgan fingerprint density at radius 1 is 1.45 bits per heavy atom. The van der Waals surface area contributed by atoms with Crippen molar-refractivity contribution >= 4 is 11.6 Å². The van der Waals surface area contributed by atoms with Gasteiger partial charge in [-0.1, -0.05) is 26.2 Å². The molecule has 2 rings (SSSR count). The number of hydrogen-bond donors (Lipinski definition) is 2. The fourth-order valence-corrected chi connectivity index (χ4v) is 3.27. The molecule has 5 nitrogen and oxygen atoms in total. The number of nitrogen functional groups attached to an aromatic ring is 1. The number of aryl methyl sites for hydroxylation is 2. The third-order valence-electron chi connectivity index (χ3n) is 4.46. The van der Waals surface area contributed by atoms with Gasteiger partial charge < -0.3 is 11.1 Å². The van der Waals surface area contributed by atoms with Crippen molar-refractivity contribution < 1.29 is 4.79 Å². The van der Waals surface area contributed by atoms with Crippen LogP contribution in [0.5, 0.6) is 0 Å². The highest BCUT2D eigenvalue weighted by molar-refractivity contribution is 5.98. The lowest BCUT2D eigenvalue weighted by molar-refractivity contribution is 0.0902. The first-order valence-corrected chi connectivity index (χ1v) is 7.64. The minimum Gasteiger partial charge on any atom is -0.395 e. The van der Waals surface area contributed by atoms with Crippen molar-refractivity contribution in [1.29, 1.82) is 0 Å². The highest BCUT2D eigenvalue weighted by atomic mass is 16.2. The van der Waals surface area contributed by atoms with Crippen LogP contribution in [0.3, 0.4) is 0 Å². The van der Waals surface area contributed by atoms with Gasteiger partial charge in [-0.05, 0) is 32.1 Å². The molecule has 0 bridgehead atoms. The molecule has 1 aliphatic carbocycles. The molecule has 5 heteroatoms. The zero-order valence-corrected chi connectivity index (χ0v) is 12.8. The summed E-state index contributed by atoms with van der Waals surface area (Å²) in [6.45, 7) is 3.96. The smallest absolute Gasteiger partial charge is 0.271 e. The fourth-order valence-electron chi connectivity index (χ4n) is 3.27. The van der Waals surface area contributed by atoms with Crippen molar-refractivity contribution in [2.24, 2.45) is 13.0 Å². The van der Waals surface area contributed by atoms with Gasteiger partial charge in [-0.15, -0.1) is 0 Å². The zero-order chi connectivity index (χ0) is 14.7. The first-order valence-electron chi connectivity index (χ1n) is 7.64. The van der Waals surface area contributed by atoms with E-state index in [-0.39, 0.29) is 11.9 Å². The van der Waals surface area contributed by atoms with Crippen LogP contribution >= 0.6 is 0 Å². The number of rotatable bonds is 4. The van der Waals surface area contributed by atoms with Gasteiger partial charge in [0.15, 0.2) is 0 Å². The molecule has 0 aliphatic heterocycles. The zero-order valence-electron chi connectivity index (χ0n) is 12.8. The first-order chi connectivity index (χ1) is 9.54. The number of nitrogens with one attached hydrogen (secondary N) is 1. The summed E-state index contributed by atoms with van der Waals surface area (Å²) in [5.41, 5.74) is 7.64. The molecule has 0 radical (unpaired) electrons. The Morgan fingerprint density at radius 2 is 2.10 bits per heavy atom. The fraction of sp³-hybridized carbons (Fsp3) is 0.733. The van der Waals surface area contributed by atoms with Gasteiger partial charge in [0, 0.05) is 13.1 Å². The SMILES string of the molecule is CCC(NC(=O)c1c(N)c(C)nn1C)C1CCCCC1. The van der Waals surface area contributed by atoms with Gasteiger partial charge in [-0.3, -0.25) is 9.48 Å². The lowest BCUT2D eigenvalue weighted by atomic mass is 9.83. The molecule has 1 fully saturated rings. The first kappa shape index (κ1) is 14.9. The van der Waals surface area contributed by atoms with Gasteiger partial charge in [-0.2, -0.15) is 5.10 Å². The largest absolute Gasteiger partial charge is 0.395 e. The van der Waals surface area contributed by atoms with Gasteiger partial charge >= 0.3 is 0 Å². The van der Waals surface area contributed by atoms with Gasteiger partial charge in [0.2, 0.25) is 0 Å². The summed E-state index contributed by atoms with van der Waals surface area (Å²) >= 11 is 0. The summed E-state index contributed by atoms with van der Waals surface area (Å²) < 4.78 is 1.58. The van der Waals surface area contributed by atoms with Crippen LogP contribution < -0.4 is 11.1 Å². The maximum atomic E-state index is 12.5. The Hall–Kier alpha value is -1.52. The highest BCUT2D eigenvalue weighted by Gasteiger charge is 2.26. The van der Waals surface area contributed by atoms with Gasteiger partial charge in [0.25, 0.3) is 5.91 Å². The van der Waals surface area contributed by atoms with Crippen molar-refractivity contribution in [2.75, 3.05) is 5.73 Å². The van der Waals surface area contributed by atoms with E-state index in [2.05, 4.69) is 17.3 Å². The van der Waals surface area contributed by atoms with Crippen LogP contribution in [0, 0.1) is 12.8 Å². The monoisotopic (exact) mass is 278 g/mol. The number of nitrogens with two attached hydrogens (primary N) is 1. The average molecular weight is 278 g/mol. The normalized spacial score (nSPS) is 17.9. The number of nitrogens with zero attached hydrogens (tertiary/aromatic N) is 2. The predicted molar refractivity (Wildman–Crippen MR) is 80.5 cm³/mol. The summed E-state index contributed by atoms with van der Waals surface area (Å²) in [5, 5.41) is 7.38. The molecule has 1 amide bonds. The topological polar surface area (TPSA) is 72.9 Å². The molecule has 3 N–H and O–H groups in total. The van der Waals surface area contributed by atoms with Crippen molar-refractivity contribution in [3.05, 3.63) is 11.4 Å². The number of carbonyl (C=O) groups excluding carboxylic acids is 1. The summed E-state index contributed by atoms with van der Waals surface area (Å²) in [4.78, 5) is 12.5. The van der Waals surface area contributed by atoms with E-state index < -0.39 is 0 Å². The minimum absolute atomic E-state index is 0.0944. The van der Waals surface area contributed by atoms with Crippen molar-refractivity contribution in [1.82, 2.24) is 15.1 Å². The third-order valence-corrected chi connectivity index (χ3v) is 4.46. The van der Waals surface area contributed by atoms with Crippen LogP contribution in [-0.2, 0) is 7.05 Å². The van der Waals surface area contributed by atoms with E-state index in [4.69, 9.17) is 5.73 Å². The average Bonchev–Trinajstić information content (AvgIpc) is 2.70. The van der Waals surface area contributed by atoms with E-state index in [9.17, 15) is 4.79 Å². The maximum absolute atomic E-state index is 12.5. The molecule has 112 valence electrons. The Kier molecular flexibility index (Phi) is 4.68. The molecule has 1 aliphatic rings. The summed E-state index contributed by atoms with van der Waals surface area (Å²) in [6.07, 6.45) is 7.30. The number of aromatic nitrogens is 2. The molecule has 1 aromatic heterocycles. The van der Waals surface area contributed by atoms with Crippen LogP contribution in [-0.4, -0.2) is 21.7 Å². The standard InChI is InChI=1S/C15H26N4O/c1-4-12(11-8-6-5-7-9-11)17-15(20)14-13(16)10(2)18-19(14)3/h11-12H,4-9,16H2,1-3H3,(H,17,20). The van der Waals surface area contributed by atoms with E-state index in [1.165, 1.54) is 32.1 Å². The van der Waals surface area contributed by atoms with Gasteiger partial charge in [0.05, 0.1) is 11.4 Å². The Morgan fingerprint density at radius 3 is 2.60 bits per heavy atom. The molecule has 1 aromatic rings.